The molecule has 3 N–H and O–H groups in total. The zero-order valence-electron chi connectivity index (χ0n) is 10.7. The fourth-order valence-electron chi connectivity index (χ4n) is 2.01. The van der Waals surface area contributed by atoms with Gasteiger partial charge in [-0.25, -0.2) is 0 Å². The van der Waals surface area contributed by atoms with Crippen LogP contribution in [-0.4, -0.2) is 42.5 Å². The molecular formula is C12H25N3O. The third-order valence-corrected chi connectivity index (χ3v) is 3.43. The maximum absolute atomic E-state index is 11.3. The molecule has 0 bridgehead atoms. The Morgan fingerprint density at radius 1 is 1.44 bits per heavy atom. The number of hydrogen-bond donors (Lipinski definition) is 2. The Morgan fingerprint density at radius 3 is 2.50 bits per heavy atom. The molecule has 1 aliphatic heterocycles. The molecule has 1 saturated heterocycles. The molecule has 1 rings (SSSR count). The maximum atomic E-state index is 11.3. The van der Waals surface area contributed by atoms with E-state index in [9.17, 15) is 4.79 Å². The van der Waals surface area contributed by atoms with E-state index in [1.165, 1.54) is 12.8 Å². The number of likely N-dealkylation sites (tertiary alicyclic amines) is 1. The van der Waals surface area contributed by atoms with Gasteiger partial charge in [0.05, 0.1) is 6.04 Å². The van der Waals surface area contributed by atoms with Crippen molar-refractivity contribution in [3.8, 4) is 0 Å². The summed E-state index contributed by atoms with van der Waals surface area (Å²) in [5.41, 5.74) is 5.49. The molecule has 1 fully saturated rings. The second kappa shape index (κ2) is 6.21. The first-order valence-electron chi connectivity index (χ1n) is 6.28. The first kappa shape index (κ1) is 13.5. The number of amides is 1. The van der Waals surface area contributed by atoms with Crippen molar-refractivity contribution in [2.24, 2.45) is 11.7 Å². The minimum absolute atomic E-state index is 0.0581. The van der Waals surface area contributed by atoms with Crippen LogP contribution in [0, 0.1) is 5.92 Å². The van der Waals surface area contributed by atoms with Crippen LogP contribution in [0.2, 0.25) is 0 Å². The van der Waals surface area contributed by atoms with Crippen molar-refractivity contribution in [2.75, 3.05) is 19.6 Å². The van der Waals surface area contributed by atoms with Crippen molar-refractivity contribution < 1.29 is 4.79 Å². The van der Waals surface area contributed by atoms with Crippen LogP contribution in [0.5, 0.6) is 0 Å². The van der Waals surface area contributed by atoms with Gasteiger partial charge in [-0.2, -0.15) is 0 Å². The number of hydrogen-bond acceptors (Lipinski definition) is 3. The average molecular weight is 227 g/mol. The number of carbonyl (C=O) groups is 1. The maximum Gasteiger partial charge on any atom is 0.236 e. The van der Waals surface area contributed by atoms with Gasteiger partial charge in [0.25, 0.3) is 0 Å². The lowest BCUT2D eigenvalue weighted by molar-refractivity contribution is -0.122. The SMILES string of the molecule is CC1CCN(C(C)CNC(=O)[C@@H](C)N)CC1. The van der Waals surface area contributed by atoms with Gasteiger partial charge in [-0.1, -0.05) is 6.92 Å². The standard InChI is InChI=1S/C12H25N3O/c1-9-4-6-15(7-5-9)10(2)8-14-12(16)11(3)13/h9-11H,4-8,13H2,1-3H3,(H,14,16)/t10?,11-/m1/s1. The fourth-order valence-corrected chi connectivity index (χ4v) is 2.01. The second-order valence-electron chi connectivity index (χ2n) is 5.10. The number of carbonyl (C=O) groups excluding carboxylic acids is 1. The van der Waals surface area contributed by atoms with E-state index in [0.717, 1.165) is 19.0 Å². The van der Waals surface area contributed by atoms with E-state index in [0.29, 0.717) is 12.6 Å². The highest BCUT2D eigenvalue weighted by Crippen LogP contribution is 2.17. The van der Waals surface area contributed by atoms with Gasteiger partial charge in [-0.3, -0.25) is 9.69 Å². The Balaban J connectivity index is 2.24. The predicted molar refractivity (Wildman–Crippen MR) is 66.1 cm³/mol. The highest BCUT2D eigenvalue weighted by molar-refractivity contribution is 5.80. The van der Waals surface area contributed by atoms with E-state index in [1.54, 1.807) is 6.92 Å². The molecule has 16 heavy (non-hydrogen) atoms. The molecule has 1 unspecified atom stereocenters. The molecule has 0 aromatic carbocycles. The topological polar surface area (TPSA) is 58.4 Å². The summed E-state index contributed by atoms with van der Waals surface area (Å²) in [6, 6.07) is 0.00350. The van der Waals surface area contributed by atoms with E-state index in [4.69, 9.17) is 5.73 Å². The molecule has 0 aliphatic carbocycles. The normalized spacial score (nSPS) is 22.8. The van der Waals surface area contributed by atoms with Crippen LogP contribution < -0.4 is 11.1 Å². The number of nitrogens with one attached hydrogen (secondary N) is 1. The molecule has 0 aromatic rings. The van der Waals surface area contributed by atoms with Crippen molar-refractivity contribution in [3.05, 3.63) is 0 Å². The summed E-state index contributed by atoms with van der Waals surface area (Å²) in [6.07, 6.45) is 2.54. The summed E-state index contributed by atoms with van der Waals surface area (Å²) in [7, 11) is 0. The summed E-state index contributed by atoms with van der Waals surface area (Å²) >= 11 is 0. The first-order chi connectivity index (χ1) is 7.50. The molecule has 0 radical (unpaired) electrons. The van der Waals surface area contributed by atoms with Crippen LogP contribution in [0.15, 0.2) is 0 Å². The highest BCUT2D eigenvalue weighted by Gasteiger charge is 2.20. The van der Waals surface area contributed by atoms with Gasteiger partial charge in [-0.05, 0) is 45.7 Å². The second-order valence-corrected chi connectivity index (χ2v) is 5.10. The van der Waals surface area contributed by atoms with E-state index in [1.807, 2.05) is 0 Å². The van der Waals surface area contributed by atoms with E-state index >= 15 is 0 Å². The Bertz CT molecular complexity index is 222. The van der Waals surface area contributed by atoms with Crippen molar-refractivity contribution in [1.82, 2.24) is 10.2 Å². The number of rotatable bonds is 4. The molecule has 2 atom stereocenters. The Morgan fingerprint density at radius 2 is 2.00 bits per heavy atom. The van der Waals surface area contributed by atoms with Crippen molar-refractivity contribution in [2.45, 2.75) is 45.7 Å². The van der Waals surface area contributed by atoms with Crippen LogP contribution in [0.4, 0.5) is 0 Å². The summed E-state index contributed by atoms with van der Waals surface area (Å²) in [5.74, 6) is 0.791. The summed E-state index contributed by atoms with van der Waals surface area (Å²) in [5, 5.41) is 2.88. The third-order valence-electron chi connectivity index (χ3n) is 3.43. The monoisotopic (exact) mass is 227 g/mol. The molecule has 1 amide bonds. The average Bonchev–Trinajstić information content (AvgIpc) is 2.26. The molecule has 0 saturated carbocycles. The number of nitrogens with two attached hydrogens (primary N) is 1. The molecule has 1 aliphatic rings. The Labute approximate surface area is 98.6 Å². The number of nitrogens with zero attached hydrogens (tertiary/aromatic N) is 1. The molecule has 0 spiro atoms. The van der Waals surface area contributed by atoms with Crippen LogP contribution in [0.25, 0.3) is 0 Å². The van der Waals surface area contributed by atoms with Crippen molar-refractivity contribution in [3.63, 3.8) is 0 Å². The van der Waals surface area contributed by atoms with Gasteiger partial charge in [0.1, 0.15) is 0 Å². The molecular weight excluding hydrogens is 202 g/mol. The lowest BCUT2D eigenvalue weighted by Crippen LogP contribution is -2.48. The zero-order chi connectivity index (χ0) is 12.1. The molecule has 0 aromatic heterocycles. The smallest absolute Gasteiger partial charge is 0.236 e. The van der Waals surface area contributed by atoms with E-state index in [2.05, 4.69) is 24.1 Å². The van der Waals surface area contributed by atoms with Crippen molar-refractivity contribution in [1.29, 1.82) is 0 Å². The summed E-state index contributed by atoms with van der Waals surface area (Å²) in [6.45, 7) is 9.18. The summed E-state index contributed by atoms with van der Waals surface area (Å²) < 4.78 is 0. The minimum Gasteiger partial charge on any atom is -0.353 e. The van der Waals surface area contributed by atoms with Crippen LogP contribution in [0.1, 0.15) is 33.6 Å². The summed E-state index contributed by atoms with van der Waals surface area (Å²) in [4.78, 5) is 13.8. The Kier molecular flexibility index (Phi) is 5.22. The van der Waals surface area contributed by atoms with Gasteiger partial charge >= 0.3 is 0 Å². The highest BCUT2D eigenvalue weighted by atomic mass is 16.2. The van der Waals surface area contributed by atoms with Crippen LogP contribution in [-0.2, 0) is 4.79 Å². The third kappa shape index (κ3) is 4.10. The Hall–Kier alpha value is -0.610. The minimum atomic E-state index is -0.409. The van der Waals surface area contributed by atoms with Gasteiger partial charge in [0.15, 0.2) is 0 Å². The van der Waals surface area contributed by atoms with Crippen LogP contribution in [0.3, 0.4) is 0 Å². The van der Waals surface area contributed by atoms with Crippen LogP contribution >= 0.6 is 0 Å². The van der Waals surface area contributed by atoms with Crippen molar-refractivity contribution >= 4 is 5.91 Å². The molecule has 94 valence electrons. The first-order valence-corrected chi connectivity index (χ1v) is 6.28. The van der Waals surface area contributed by atoms with Gasteiger partial charge in [-0.15, -0.1) is 0 Å². The van der Waals surface area contributed by atoms with E-state index in [-0.39, 0.29) is 5.91 Å². The zero-order valence-corrected chi connectivity index (χ0v) is 10.7. The van der Waals surface area contributed by atoms with Gasteiger partial charge < -0.3 is 11.1 Å². The number of piperidine rings is 1. The lowest BCUT2D eigenvalue weighted by Gasteiger charge is -2.35. The van der Waals surface area contributed by atoms with E-state index < -0.39 is 6.04 Å². The fraction of sp³-hybridized carbons (Fsp3) is 0.917. The quantitative estimate of drug-likeness (QED) is 0.738. The predicted octanol–water partition coefficient (Wildman–Crippen LogP) is 0.570. The molecule has 4 nitrogen and oxygen atoms in total. The van der Waals surface area contributed by atoms with Gasteiger partial charge in [0, 0.05) is 12.6 Å². The largest absolute Gasteiger partial charge is 0.353 e. The molecule has 4 heteroatoms. The molecule has 1 heterocycles. The van der Waals surface area contributed by atoms with Gasteiger partial charge in [0.2, 0.25) is 5.91 Å². The lowest BCUT2D eigenvalue weighted by atomic mass is 9.98.